The zero-order valence-electron chi connectivity index (χ0n) is 17.0. The van der Waals surface area contributed by atoms with Crippen molar-refractivity contribution >= 4 is 34.4 Å². The molecular weight excluding hydrogens is 406 g/mol. The van der Waals surface area contributed by atoms with E-state index in [4.69, 9.17) is 16.3 Å². The average Bonchev–Trinajstić information content (AvgIpc) is 3.25. The van der Waals surface area contributed by atoms with Crippen molar-refractivity contribution in [3.63, 3.8) is 0 Å². The van der Waals surface area contributed by atoms with Crippen LogP contribution in [-0.2, 0) is 13.5 Å². The molecule has 1 aliphatic carbocycles. The molecular formula is C21H24ClN5O3. The zero-order valence-corrected chi connectivity index (χ0v) is 17.7. The number of ether oxygens (including phenoxy) is 1. The summed E-state index contributed by atoms with van der Waals surface area (Å²) in [5.74, 6) is 1.19. The predicted octanol–water partition coefficient (Wildman–Crippen LogP) is 3.33. The van der Waals surface area contributed by atoms with Gasteiger partial charge >= 0.3 is 5.69 Å². The van der Waals surface area contributed by atoms with E-state index in [0.717, 1.165) is 30.6 Å². The Morgan fingerprint density at radius 3 is 2.87 bits per heavy atom. The van der Waals surface area contributed by atoms with Crippen molar-refractivity contribution < 1.29 is 9.84 Å². The first-order valence-corrected chi connectivity index (χ1v) is 10.6. The normalized spacial score (nSPS) is 23.4. The summed E-state index contributed by atoms with van der Waals surface area (Å²) in [6.45, 7) is 2.51. The molecule has 2 aliphatic rings. The molecule has 0 bridgehead atoms. The van der Waals surface area contributed by atoms with E-state index in [2.05, 4.69) is 15.3 Å². The van der Waals surface area contributed by atoms with Gasteiger partial charge in [-0.2, -0.15) is 4.98 Å². The third kappa shape index (κ3) is 3.24. The van der Waals surface area contributed by atoms with E-state index in [9.17, 15) is 9.90 Å². The number of nitrogens with zero attached hydrogens (tertiary/aromatic N) is 4. The number of hydrogen-bond acceptors (Lipinski definition) is 6. The molecule has 0 atom stereocenters. The van der Waals surface area contributed by atoms with Crippen molar-refractivity contribution in [3.05, 3.63) is 39.4 Å². The second kappa shape index (κ2) is 6.99. The fourth-order valence-electron chi connectivity index (χ4n) is 4.42. The van der Waals surface area contributed by atoms with Crippen LogP contribution in [0.25, 0.3) is 11.2 Å². The maximum atomic E-state index is 12.9. The Morgan fingerprint density at radius 2 is 2.10 bits per heavy atom. The highest BCUT2D eigenvalue weighted by Crippen LogP contribution is 2.37. The summed E-state index contributed by atoms with van der Waals surface area (Å²) >= 11 is 6.40. The third-order valence-electron chi connectivity index (χ3n) is 6.26. The van der Waals surface area contributed by atoms with Gasteiger partial charge in [0.25, 0.3) is 0 Å². The number of aliphatic hydroxyl groups is 1. The number of nitrogens with one attached hydrogen (secondary N) is 1. The fourth-order valence-corrected chi connectivity index (χ4v) is 4.63. The van der Waals surface area contributed by atoms with Crippen LogP contribution in [0.1, 0.15) is 44.2 Å². The van der Waals surface area contributed by atoms with E-state index < -0.39 is 5.60 Å². The Hall–Kier alpha value is -2.58. The maximum absolute atomic E-state index is 12.9. The number of benzene rings is 1. The first-order chi connectivity index (χ1) is 14.3. The standard InChI is InChI=1S/C21H24ClN5O3/c1-21(29)6-3-13(4-7-21)27-18-16(26(2)20(27)28)11-23-19(25-18)24-15-9-12-5-8-30-17(12)10-14(15)22/h9-11,13,29H,3-8H2,1-2H3,(H,23,24,25). The van der Waals surface area contributed by atoms with E-state index in [0.29, 0.717) is 47.3 Å². The Kier molecular flexibility index (Phi) is 4.52. The number of anilines is 2. The lowest BCUT2D eigenvalue weighted by molar-refractivity contribution is 0.00991. The van der Waals surface area contributed by atoms with Crippen molar-refractivity contribution in [2.45, 2.75) is 50.7 Å². The second-order valence-electron chi connectivity index (χ2n) is 8.51. The highest BCUT2D eigenvalue weighted by molar-refractivity contribution is 6.33. The first kappa shape index (κ1) is 19.4. The minimum Gasteiger partial charge on any atom is -0.493 e. The number of halogens is 1. The van der Waals surface area contributed by atoms with Crippen molar-refractivity contribution in [1.82, 2.24) is 19.1 Å². The highest BCUT2D eigenvalue weighted by Gasteiger charge is 2.32. The van der Waals surface area contributed by atoms with Crippen LogP contribution < -0.4 is 15.7 Å². The van der Waals surface area contributed by atoms with Crippen LogP contribution in [0.4, 0.5) is 11.6 Å². The van der Waals surface area contributed by atoms with Crippen molar-refractivity contribution in [2.24, 2.45) is 7.05 Å². The minimum absolute atomic E-state index is 0.00454. The van der Waals surface area contributed by atoms with E-state index in [1.165, 1.54) is 0 Å². The van der Waals surface area contributed by atoms with Gasteiger partial charge in [-0.3, -0.25) is 9.13 Å². The average molecular weight is 430 g/mol. The first-order valence-electron chi connectivity index (χ1n) is 10.2. The van der Waals surface area contributed by atoms with E-state index >= 15 is 0 Å². The summed E-state index contributed by atoms with van der Waals surface area (Å²) in [7, 11) is 1.73. The predicted molar refractivity (Wildman–Crippen MR) is 115 cm³/mol. The number of hydrogen-bond donors (Lipinski definition) is 2. The lowest BCUT2D eigenvalue weighted by Crippen LogP contribution is -2.35. The summed E-state index contributed by atoms with van der Waals surface area (Å²) in [4.78, 5) is 22.0. The van der Waals surface area contributed by atoms with Gasteiger partial charge in [-0.15, -0.1) is 0 Å². The van der Waals surface area contributed by atoms with Gasteiger partial charge in [0.1, 0.15) is 11.3 Å². The Morgan fingerprint density at radius 1 is 1.33 bits per heavy atom. The summed E-state index contributed by atoms with van der Waals surface area (Å²) in [5, 5.41) is 14.0. The molecule has 1 saturated carbocycles. The summed E-state index contributed by atoms with van der Waals surface area (Å²) in [5.41, 5.74) is 2.28. The SMILES string of the molecule is Cn1c(=O)n(C2CCC(C)(O)CC2)c2nc(Nc3cc4c(cc3Cl)OCC4)ncc21. The summed E-state index contributed by atoms with van der Waals surface area (Å²) in [6.07, 6.45) is 5.27. The number of aryl methyl sites for hydroxylation is 1. The monoisotopic (exact) mass is 429 g/mol. The molecule has 2 aromatic heterocycles. The molecule has 1 aliphatic heterocycles. The number of fused-ring (bicyclic) bond motifs is 2. The van der Waals surface area contributed by atoms with Crippen molar-refractivity contribution in [1.29, 1.82) is 0 Å². The molecule has 3 aromatic rings. The van der Waals surface area contributed by atoms with Gasteiger partial charge in [-0.25, -0.2) is 9.78 Å². The van der Waals surface area contributed by atoms with Crippen LogP contribution in [0.3, 0.4) is 0 Å². The fraction of sp³-hybridized carbons (Fsp3) is 0.476. The van der Waals surface area contributed by atoms with Crippen molar-refractivity contribution in [2.75, 3.05) is 11.9 Å². The third-order valence-corrected chi connectivity index (χ3v) is 6.57. The topological polar surface area (TPSA) is 94.2 Å². The molecule has 3 heterocycles. The molecule has 1 aromatic carbocycles. The summed E-state index contributed by atoms with van der Waals surface area (Å²) in [6, 6.07) is 3.77. The van der Waals surface area contributed by atoms with Crippen LogP contribution in [0.2, 0.25) is 5.02 Å². The molecule has 9 heteroatoms. The molecule has 0 radical (unpaired) electrons. The molecule has 30 heavy (non-hydrogen) atoms. The molecule has 0 spiro atoms. The zero-order chi connectivity index (χ0) is 21.0. The van der Waals surface area contributed by atoms with E-state index in [-0.39, 0.29) is 11.7 Å². The van der Waals surface area contributed by atoms with Crippen LogP contribution in [0, 0.1) is 0 Å². The van der Waals surface area contributed by atoms with E-state index in [1.807, 2.05) is 13.0 Å². The molecule has 2 N–H and O–H groups in total. The quantitative estimate of drug-likeness (QED) is 0.663. The lowest BCUT2D eigenvalue weighted by atomic mass is 9.83. The molecule has 0 saturated heterocycles. The Bertz CT molecular complexity index is 1190. The largest absolute Gasteiger partial charge is 0.493 e. The molecule has 158 valence electrons. The molecule has 1 fully saturated rings. The number of rotatable bonds is 3. The number of imidazole rings is 1. The molecule has 8 nitrogen and oxygen atoms in total. The van der Waals surface area contributed by atoms with Gasteiger partial charge in [0.15, 0.2) is 5.65 Å². The number of aromatic nitrogens is 4. The smallest absolute Gasteiger partial charge is 0.330 e. The van der Waals surface area contributed by atoms with Gasteiger partial charge in [-0.05, 0) is 44.2 Å². The molecule has 0 unspecified atom stereocenters. The lowest BCUT2D eigenvalue weighted by Gasteiger charge is -2.33. The maximum Gasteiger partial charge on any atom is 0.330 e. The van der Waals surface area contributed by atoms with E-state index in [1.54, 1.807) is 28.4 Å². The van der Waals surface area contributed by atoms with Crippen LogP contribution >= 0.6 is 11.6 Å². The van der Waals surface area contributed by atoms with Gasteiger partial charge in [0, 0.05) is 25.6 Å². The summed E-state index contributed by atoms with van der Waals surface area (Å²) < 4.78 is 8.87. The molecule has 5 rings (SSSR count). The van der Waals surface area contributed by atoms with Gasteiger partial charge in [-0.1, -0.05) is 11.6 Å². The van der Waals surface area contributed by atoms with Gasteiger partial charge in [0.2, 0.25) is 5.95 Å². The van der Waals surface area contributed by atoms with Gasteiger partial charge < -0.3 is 15.2 Å². The Balaban J connectivity index is 1.52. The molecule has 0 amide bonds. The van der Waals surface area contributed by atoms with Crippen LogP contribution in [0.5, 0.6) is 5.75 Å². The van der Waals surface area contributed by atoms with Crippen LogP contribution in [-0.4, -0.2) is 36.4 Å². The van der Waals surface area contributed by atoms with Crippen molar-refractivity contribution in [3.8, 4) is 5.75 Å². The second-order valence-corrected chi connectivity index (χ2v) is 8.91. The van der Waals surface area contributed by atoms with Gasteiger partial charge in [0.05, 0.1) is 29.1 Å². The Labute approximate surface area is 178 Å². The van der Waals surface area contributed by atoms with Crippen LogP contribution in [0.15, 0.2) is 23.1 Å². The highest BCUT2D eigenvalue weighted by atomic mass is 35.5. The minimum atomic E-state index is -0.666.